The van der Waals surface area contributed by atoms with Crippen LogP contribution in [0.5, 0.6) is 5.75 Å². The number of rotatable bonds is 8. The Morgan fingerprint density at radius 1 is 1.16 bits per heavy atom. The molecule has 0 radical (unpaired) electrons. The van der Waals surface area contributed by atoms with Crippen LogP contribution in [0.3, 0.4) is 0 Å². The van der Waals surface area contributed by atoms with Crippen molar-refractivity contribution in [1.82, 2.24) is 10.3 Å². The van der Waals surface area contributed by atoms with Crippen LogP contribution in [0.4, 0.5) is 17.6 Å². The summed E-state index contributed by atoms with van der Waals surface area (Å²) < 4.78 is 63.5. The molecule has 0 aliphatic heterocycles. The zero-order chi connectivity index (χ0) is 22.4. The van der Waals surface area contributed by atoms with Gasteiger partial charge in [0.05, 0.1) is 23.4 Å². The fraction of sp³-hybridized carbons (Fsp3) is 0.273. The fourth-order valence-electron chi connectivity index (χ4n) is 2.86. The van der Waals surface area contributed by atoms with Crippen LogP contribution in [-0.4, -0.2) is 23.5 Å². The maximum Gasteiger partial charge on any atom is 0.419 e. The third-order valence-corrected chi connectivity index (χ3v) is 4.35. The molecule has 1 aromatic heterocycles. The van der Waals surface area contributed by atoms with Gasteiger partial charge in [0.2, 0.25) is 5.91 Å². The number of hydrogen-bond acceptors (Lipinski definition) is 4. The monoisotopic (exact) mass is 436 g/mol. The van der Waals surface area contributed by atoms with Gasteiger partial charge in [0.15, 0.2) is 11.7 Å². The van der Waals surface area contributed by atoms with Crippen LogP contribution < -0.4 is 10.1 Å². The molecule has 1 amide bonds. The maximum atomic E-state index is 13.8. The summed E-state index contributed by atoms with van der Waals surface area (Å²) >= 11 is 0. The minimum Gasteiger partial charge on any atom is -0.491 e. The molecule has 0 spiro atoms. The molecule has 2 aromatic carbocycles. The molecule has 0 saturated carbocycles. The van der Waals surface area contributed by atoms with Gasteiger partial charge in [-0.25, -0.2) is 9.37 Å². The van der Waals surface area contributed by atoms with Gasteiger partial charge in [-0.2, -0.15) is 13.2 Å². The summed E-state index contributed by atoms with van der Waals surface area (Å²) in [7, 11) is 0. The second-order valence-electron chi connectivity index (χ2n) is 6.87. The van der Waals surface area contributed by atoms with Gasteiger partial charge in [-0.3, -0.25) is 4.79 Å². The van der Waals surface area contributed by atoms with E-state index in [0.717, 1.165) is 6.07 Å². The highest BCUT2D eigenvalue weighted by Crippen LogP contribution is 2.35. The predicted octanol–water partition coefficient (Wildman–Crippen LogP) is 5.02. The lowest BCUT2D eigenvalue weighted by atomic mass is 10.2. The Bertz CT molecular complexity index is 1030. The van der Waals surface area contributed by atoms with E-state index in [4.69, 9.17) is 9.15 Å². The Labute approximate surface area is 176 Å². The van der Waals surface area contributed by atoms with Crippen LogP contribution in [0.1, 0.15) is 24.8 Å². The first-order valence-electron chi connectivity index (χ1n) is 9.52. The van der Waals surface area contributed by atoms with E-state index in [1.54, 1.807) is 25.1 Å². The number of halogens is 4. The van der Waals surface area contributed by atoms with Crippen molar-refractivity contribution in [3.05, 3.63) is 72.0 Å². The molecule has 0 aliphatic rings. The molecule has 5 nitrogen and oxygen atoms in total. The van der Waals surface area contributed by atoms with Crippen LogP contribution in [0.2, 0.25) is 0 Å². The van der Waals surface area contributed by atoms with Crippen molar-refractivity contribution in [2.24, 2.45) is 0 Å². The van der Waals surface area contributed by atoms with E-state index < -0.39 is 23.6 Å². The third kappa shape index (κ3) is 6.07. The maximum absolute atomic E-state index is 13.8. The van der Waals surface area contributed by atoms with Gasteiger partial charge in [-0.05, 0) is 31.2 Å². The minimum absolute atomic E-state index is 0.0424. The second-order valence-corrected chi connectivity index (χ2v) is 6.87. The van der Waals surface area contributed by atoms with Gasteiger partial charge < -0.3 is 14.5 Å². The number of amides is 1. The van der Waals surface area contributed by atoms with Crippen molar-refractivity contribution < 1.29 is 31.5 Å². The normalized spacial score (nSPS) is 12.4. The Kier molecular flexibility index (Phi) is 6.94. The number of oxazole rings is 1. The molecule has 0 bridgehead atoms. The molecule has 1 heterocycles. The van der Waals surface area contributed by atoms with E-state index in [1.165, 1.54) is 30.5 Å². The zero-order valence-electron chi connectivity index (χ0n) is 16.6. The number of nitrogens with one attached hydrogen (secondary N) is 1. The van der Waals surface area contributed by atoms with Gasteiger partial charge in [0, 0.05) is 12.8 Å². The summed E-state index contributed by atoms with van der Waals surface area (Å²) in [5.74, 6) is -0.540. The van der Waals surface area contributed by atoms with Crippen molar-refractivity contribution in [2.75, 3.05) is 6.61 Å². The average molecular weight is 436 g/mol. The highest BCUT2D eigenvalue weighted by Gasteiger charge is 2.34. The van der Waals surface area contributed by atoms with E-state index in [1.807, 2.05) is 0 Å². The number of carbonyl (C=O) groups excluding carboxylic acids is 1. The molecule has 3 aromatic rings. The Hall–Kier alpha value is -3.36. The molecule has 1 atom stereocenters. The van der Waals surface area contributed by atoms with Crippen molar-refractivity contribution >= 4 is 5.91 Å². The Balaban J connectivity index is 1.48. The fourth-order valence-corrected chi connectivity index (χ4v) is 2.86. The SMILES string of the molecule is CC(COc1ccccc1C(F)(F)F)NC(=O)CCc1ncc(-c2ccccc2F)o1. The summed E-state index contributed by atoms with van der Waals surface area (Å²) in [6.45, 7) is 1.49. The molecule has 1 N–H and O–H groups in total. The largest absolute Gasteiger partial charge is 0.491 e. The molecule has 164 valence electrons. The third-order valence-electron chi connectivity index (χ3n) is 4.35. The highest BCUT2D eigenvalue weighted by atomic mass is 19.4. The Morgan fingerprint density at radius 2 is 1.87 bits per heavy atom. The molecule has 0 aliphatic carbocycles. The first-order chi connectivity index (χ1) is 14.7. The molecule has 1 unspecified atom stereocenters. The number of para-hydroxylation sites is 1. The number of ether oxygens (including phenoxy) is 1. The van der Waals surface area contributed by atoms with Crippen molar-refractivity contribution in [3.8, 4) is 17.1 Å². The zero-order valence-corrected chi connectivity index (χ0v) is 16.6. The van der Waals surface area contributed by atoms with Gasteiger partial charge in [0.1, 0.15) is 18.2 Å². The first-order valence-corrected chi connectivity index (χ1v) is 9.52. The molecule has 0 fully saturated rings. The number of hydrogen-bond donors (Lipinski definition) is 1. The van der Waals surface area contributed by atoms with Crippen molar-refractivity contribution in [2.45, 2.75) is 32.0 Å². The Morgan fingerprint density at radius 3 is 2.61 bits per heavy atom. The minimum atomic E-state index is -4.53. The van der Waals surface area contributed by atoms with E-state index in [2.05, 4.69) is 10.3 Å². The molecule has 9 heteroatoms. The molecular weight excluding hydrogens is 416 g/mol. The summed E-state index contributed by atoms with van der Waals surface area (Å²) in [5, 5.41) is 2.65. The lowest BCUT2D eigenvalue weighted by molar-refractivity contribution is -0.139. The van der Waals surface area contributed by atoms with Gasteiger partial charge in [0.25, 0.3) is 0 Å². The second kappa shape index (κ2) is 9.63. The molecule has 31 heavy (non-hydrogen) atoms. The summed E-state index contributed by atoms with van der Waals surface area (Å²) in [6.07, 6.45) is -2.91. The van der Waals surface area contributed by atoms with E-state index in [9.17, 15) is 22.4 Å². The van der Waals surface area contributed by atoms with E-state index in [-0.39, 0.29) is 48.3 Å². The molecule has 3 rings (SSSR count). The lowest BCUT2D eigenvalue weighted by Gasteiger charge is -2.17. The van der Waals surface area contributed by atoms with Crippen LogP contribution in [0, 0.1) is 5.82 Å². The summed E-state index contributed by atoms with van der Waals surface area (Å²) in [5.41, 5.74) is -0.598. The van der Waals surface area contributed by atoms with E-state index >= 15 is 0 Å². The summed E-state index contributed by atoms with van der Waals surface area (Å²) in [4.78, 5) is 16.2. The number of alkyl halides is 3. The number of nitrogens with zero attached hydrogens (tertiary/aromatic N) is 1. The smallest absolute Gasteiger partial charge is 0.419 e. The van der Waals surface area contributed by atoms with Crippen molar-refractivity contribution in [1.29, 1.82) is 0 Å². The quantitative estimate of drug-likeness (QED) is 0.504. The van der Waals surface area contributed by atoms with E-state index in [0.29, 0.717) is 0 Å². The lowest BCUT2D eigenvalue weighted by Crippen LogP contribution is -2.37. The van der Waals surface area contributed by atoms with Gasteiger partial charge in [-0.1, -0.05) is 24.3 Å². The average Bonchev–Trinajstić information content (AvgIpc) is 3.19. The highest BCUT2D eigenvalue weighted by molar-refractivity contribution is 5.76. The van der Waals surface area contributed by atoms with Gasteiger partial charge in [-0.15, -0.1) is 0 Å². The number of aryl methyl sites for hydroxylation is 1. The van der Waals surface area contributed by atoms with Crippen LogP contribution >= 0.6 is 0 Å². The van der Waals surface area contributed by atoms with Crippen LogP contribution in [0.15, 0.2) is 59.1 Å². The number of carbonyl (C=O) groups is 1. The topological polar surface area (TPSA) is 64.4 Å². The van der Waals surface area contributed by atoms with Crippen LogP contribution in [0.25, 0.3) is 11.3 Å². The summed E-state index contributed by atoms with van der Waals surface area (Å²) in [6, 6.07) is 10.5. The van der Waals surface area contributed by atoms with Crippen molar-refractivity contribution in [3.63, 3.8) is 0 Å². The molecule has 0 saturated heterocycles. The molecular formula is C22H20F4N2O3. The number of benzene rings is 2. The standard InChI is InChI=1S/C22H20F4N2O3/c1-14(13-30-18-9-5-3-7-16(18)22(24,25)26)28-20(29)10-11-21-27-12-19(31-21)15-6-2-4-8-17(15)23/h2-9,12,14H,10-11,13H2,1H3,(H,28,29). The van der Waals surface area contributed by atoms with Crippen LogP contribution in [-0.2, 0) is 17.4 Å². The predicted molar refractivity (Wildman–Crippen MR) is 105 cm³/mol. The first kappa shape index (κ1) is 22.3. The van der Waals surface area contributed by atoms with Gasteiger partial charge >= 0.3 is 6.18 Å². The number of aromatic nitrogens is 1.